The molecule has 2 N–H and O–H groups in total. The number of amides is 5. The lowest BCUT2D eigenvalue weighted by Gasteiger charge is -2.12. The maximum atomic E-state index is 11.8. The summed E-state index contributed by atoms with van der Waals surface area (Å²) in [7, 11) is 0. The number of hydrogen-bond acceptors (Lipinski definition) is 15. The molecule has 272 valence electrons. The van der Waals surface area contributed by atoms with Crippen molar-refractivity contribution in [3.05, 3.63) is 11.6 Å². The van der Waals surface area contributed by atoms with Gasteiger partial charge in [0.1, 0.15) is 0 Å². The van der Waals surface area contributed by atoms with Gasteiger partial charge < -0.3 is 48.0 Å². The van der Waals surface area contributed by atoms with Crippen molar-refractivity contribution in [1.82, 2.24) is 15.7 Å². The summed E-state index contributed by atoms with van der Waals surface area (Å²) >= 11 is 0. The summed E-state index contributed by atoms with van der Waals surface area (Å²) in [6.45, 7) is 6.31. The van der Waals surface area contributed by atoms with Crippen molar-refractivity contribution < 1.29 is 71.5 Å². The molecule has 0 aliphatic carbocycles. The van der Waals surface area contributed by atoms with E-state index in [1.165, 1.54) is 6.08 Å². The molecule has 0 bridgehead atoms. The highest BCUT2D eigenvalue weighted by Crippen LogP contribution is 2.12. The van der Waals surface area contributed by atoms with Crippen LogP contribution < -0.4 is 10.6 Å². The van der Waals surface area contributed by atoms with Crippen molar-refractivity contribution in [1.29, 1.82) is 0 Å². The third-order valence-corrected chi connectivity index (χ3v) is 6.28. The Morgan fingerprint density at radius 3 is 1.44 bits per heavy atom. The number of carbonyl (C=O) groups excluding carboxylic acids is 6. The summed E-state index contributed by atoms with van der Waals surface area (Å²) < 4.78 is 43.1. The van der Waals surface area contributed by atoms with Crippen LogP contribution in [0.15, 0.2) is 11.6 Å². The van der Waals surface area contributed by atoms with E-state index in [9.17, 15) is 28.8 Å². The van der Waals surface area contributed by atoms with Gasteiger partial charge in [0.2, 0.25) is 5.91 Å². The number of ether oxygens (including phenoxy) is 8. The Bertz CT molecular complexity index is 1020. The molecule has 1 fully saturated rings. The fraction of sp³-hybridized carbons (Fsp3) is 0.733. The topological polar surface area (TPSA) is 213 Å². The molecule has 5 amide bonds. The average molecular weight is 690 g/mol. The number of imide groups is 2. The van der Waals surface area contributed by atoms with Crippen molar-refractivity contribution in [3.8, 4) is 0 Å². The summed E-state index contributed by atoms with van der Waals surface area (Å²) in [5.74, 6) is -2.87. The number of hydroxylamine groups is 2. The van der Waals surface area contributed by atoms with Gasteiger partial charge in [-0.2, -0.15) is 0 Å². The zero-order valence-electron chi connectivity index (χ0n) is 27.2. The highest BCUT2D eigenvalue weighted by Gasteiger charge is 2.32. The third-order valence-electron chi connectivity index (χ3n) is 6.28. The smallest absolute Gasteiger partial charge is 0.335 e. The molecule has 18 nitrogen and oxygen atoms in total. The molecule has 2 aliphatic rings. The van der Waals surface area contributed by atoms with E-state index < -0.39 is 29.6 Å². The van der Waals surface area contributed by atoms with E-state index in [-0.39, 0.29) is 51.2 Å². The zero-order valence-corrected chi connectivity index (χ0v) is 27.2. The number of hydrogen-bond donors (Lipinski definition) is 2. The summed E-state index contributed by atoms with van der Waals surface area (Å²) in [6, 6.07) is 0. The lowest BCUT2D eigenvalue weighted by Crippen LogP contribution is -2.32. The standard InChI is InChI=1S/C30H47N3O15/c34-25(2-1-24-23-26(35)32-30(24)39)31-6-8-41-10-12-43-14-16-45-18-20-47-22-21-46-19-17-44-15-13-42-11-9-40-7-5-29(38)48-33-27(36)3-4-28(33)37/h23H,1-22H2,(H,31,34)(H,32,35,39). The Labute approximate surface area is 278 Å². The molecule has 48 heavy (non-hydrogen) atoms. The largest absolute Gasteiger partial charge is 0.378 e. The van der Waals surface area contributed by atoms with E-state index in [4.69, 9.17) is 42.7 Å². The molecule has 2 heterocycles. The van der Waals surface area contributed by atoms with E-state index >= 15 is 0 Å². The summed E-state index contributed by atoms with van der Waals surface area (Å²) in [5.41, 5.74) is 0.309. The molecule has 0 aromatic heterocycles. The summed E-state index contributed by atoms with van der Waals surface area (Å²) in [4.78, 5) is 73.4. The molecule has 0 spiro atoms. The van der Waals surface area contributed by atoms with Gasteiger partial charge in [0.05, 0.1) is 112 Å². The Balaban J connectivity index is 1.19. The maximum absolute atomic E-state index is 11.8. The molecule has 0 atom stereocenters. The van der Waals surface area contributed by atoms with Crippen molar-refractivity contribution in [2.45, 2.75) is 32.1 Å². The Morgan fingerprint density at radius 1 is 0.604 bits per heavy atom. The Morgan fingerprint density at radius 2 is 1.02 bits per heavy atom. The van der Waals surface area contributed by atoms with Gasteiger partial charge in [-0.3, -0.25) is 29.3 Å². The van der Waals surface area contributed by atoms with Gasteiger partial charge in [0, 0.05) is 37.5 Å². The maximum Gasteiger partial charge on any atom is 0.335 e. The molecule has 18 heteroatoms. The minimum atomic E-state index is -0.709. The van der Waals surface area contributed by atoms with Gasteiger partial charge in [-0.1, -0.05) is 0 Å². The van der Waals surface area contributed by atoms with E-state index in [0.29, 0.717) is 110 Å². The number of carbonyl (C=O) groups is 6. The predicted octanol–water partition coefficient (Wildman–Crippen LogP) is -1.40. The molecule has 0 unspecified atom stereocenters. The first kappa shape index (κ1) is 40.8. The van der Waals surface area contributed by atoms with Crippen LogP contribution in [0.4, 0.5) is 0 Å². The van der Waals surface area contributed by atoms with Crippen LogP contribution in [0.5, 0.6) is 0 Å². The SMILES string of the molecule is O=C1C=C(CCC(=O)NCCOCCOCCOCCOCCOCCOCCOCCOCCC(=O)ON2C(=O)CCC2=O)C(=O)N1. The van der Waals surface area contributed by atoms with Crippen LogP contribution in [0.25, 0.3) is 0 Å². The lowest BCUT2D eigenvalue weighted by molar-refractivity contribution is -0.198. The van der Waals surface area contributed by atoms with Crippen molar-refractivity contribution in [2.24, 2.45) is 0 Å². The van der Waals surface area contributed by atoms with Gasteiger partial charge in [-0.05, 0) is 6.42 Å². The molecule has 0 saturated carbocycles. The van der Waals surface area contributed by atoms with Gasteiger partial charge in [-0.25, -0.2) is 4.79 Å². The normalized spacial score (nSPS) is 14.5. The van der Waals surface area contributed by atoms with Crippen LogP contribution in [-0.4, -0.2) is 153 Å². The molecule has 2 rings (SSSR count). The van der Waals surface area contributed by atoms with Crippen LogP contribution >= 0.6 is 0 Å². The van der Waals surface area contributed by atoms with Gasteiger partial charge >= 0.3 is 5.97 Å². The fourth-order valence-electron chi connectivity index (χ4n) is 3.84. The molecule has 1 saturated heterocycles. The average Bonchev–Trinajstić information content (AvgIpc) is 3.56. The monoisotopic (exact) mass is 689 g/mol. The van der Waals surface area contributed by atoms with E-state index in [1.807, 2.05) is 0 Å². The van der Waals surface area contributed by atoms with Crippen LogP contribution in [0, 0.1) is 0 Å². The van der Waals surface area contributed by atoms with Crippen LogP contribution in [0.3, 0.4) is 0 Å². The van der Waals surface area contributed by atoms with Crippen LogP contribution in [0.1, 0.15) is 32.1 Å². The molecule has 2 aliphatic heterocycles. The Kier molecular flexibility index (Phi) is 22.6. The van der Waals surface area contributed by atoms with Crippen LogP contribution in [0.2, 0.25) is 0 Å². The highest BCUT2D eigenvalue weighted by atomic mass is 16.7. The number of nitrogens with zero attached hydrogens (tertiary/aromatic N) is 1. The van der Waals surface area contributed by atoms with Crippen molar-refractivity contribution in [2.75, 3.05) is 112 Å². The third kappa shape index (κ3) is 20.1. The second kappa shape index (κ2) is 26.6. The molecule has 0 radical (unpaired) electrons. The van der Waals surface area contributed by atoms with Crippen molar-refractivity contribution >= 4 is 35.5 Å². The van der Waals surface area contributed by atoms with E-state index in [0.717, 1.165) is 0 Å². The quantitative estimate of drug-likeness (QED) is 0.0633. The molecule has 0 aromatic rings. The minimum absolute atomic E-state index is 0.0512. The highest BCUT2D eigenvalue weighted by molar-refractivity contribution is 6.16. The summed E-state index contributed by atoms with van der Waals surface area (Å²) in [6.07, 6.45) is 1.56. The summed E-state index contributed by atoms with van der Waals surface area (Å²) in [5, 5.41) is 5.34. The molecular formula is C30H47N3O15. The first-order chi connectivity index (χ1) is 23.4. The van der Waals surface area contributed by atoms with E-state index in [2.05, 4.69) is 10.6 Å². The fourth-order valence-corrected chi connectivity index (χ4v) is 3.84. The lowest BCUT2D eigenvalue weighted by atomic mass is 10.1. The number of rotatable bonds is 31. The predicted molar refractivity (Wildman–Crippen MR) is 162 cm³/mol. The van der Waals surface area contributed by atoms with Crippen molar-refractivity contribution in [3.63, 3.8) is 0 Å². The first-order valence-electron chi connectivity index (χ1n) is 15.9. The molecular weight excluding hydrogens is 642 g/mol. The Hall–Kier alpha value is -3.36. The molecule has 0 aromatic carbocycles. The number of nitrogens with one attached hydrogen (secondary N) is 2. The van der Waals surface area contributed by atoms with Crippen LogP contribution in [-0.2, 0) is 71.5 Å². The van der Waals surface area contributed by atoms with Gasteiger partial charge in [0.15, 0.2) is 0 Å². The zero-order chi connectivity index (χ0) is 34.7. The first-order valence-corrected chi connectivity index (χ1v) is 15.9. The second-order valence-electron chi connectivity index (χ2n) is 10.0. The van der Waals surface area contributed by atoms with E-state index in [1.54, 1.807) is 0 Å². The second-order valence-corrected chi connectivity index (χ2v) is 10.0. The minimum Gasteiger partial charge on any atom is -0.378 e. The van der Waals surface area contributed by atoms with Gasteiger partial charge in [-0.15, -0.1) is 5.06 Å². The van der Waals surface area contributed by atoms with Gasteiger partial charge in [0.25, 0.3) is 23.6 Å².